The molecule has 5 heteroatoms. The second-order valence-electron chi connectivity index (χ2n) is 6.82. The number of carbonyl (C=O) groups is 1. The molecule has 134 valence electrons. The molecular weight excluding hydrogens is 351 g/mol. The molecule has 26 heavy (non-hydrogen) atoms. The molecule has 1 amide bonds. The Labute approximate surface area is 156 Å². The largest absolute Gasteiger partial charge is 0.361 e. The summed E-state index contributed by atoms with van der Waals surface area (Å²) < 4.78 is 13.9. The van der Waals surface area contributed by atoms with Crippen molar-refractivity contribution in [3.63, 3.8) is 0 Å². The van der Waals surface area contributed by atoms with Gasteiger partial charge in [0.15, 0.2) is 0 Å². The number of H-pyrrole nitrogens is 1. The first-order valence-electron chi connectivity index (χ1n) is 8.90. The van der Waals surface area contributed by atoms with Gasteiger partial charge in [-0.3, -0.25) is 4.79 Å². The van der Waals surface area contributed by atoms with Crippen molar-refractivity contribution in [2.24, 2.45) is 0 Å². The highest BCUT2D eigenvalue weighted by Gasteiger charge is 2.26. The van der Waals surface area contributed by atoms with Crippen LogP contribution in [-0.2, 0) is 11.2 Å². The minimum absolute atomic E-state index is 0.0171. The van der Waals surface area contributed by atoms with Gasteiger partial charge in [0.2, 0.25) is 5.91 Å². The number of rotatable bonds is 3. The van der Waals surface area contributed by atoms with Crippen molar-refractivity contribution in [1.29, 1.82) is 0 Å². The van der Waals surface area contributed by atoms with E-state index in [0.29, 0.717) is 24.0 Å². The average Bonchev–Trinajstić information content (AvgIpc) is 3.09. The first kappa shape index (κ1) is 17.1. The molecule has 0 atom stereocenters. The van der Waals surface area contributed by atoms with E-state index in [9.17, 15) is 9.18 Å². The van der Waals surface area contributed by atoms with Gasteiger partial charge < -0.3 is 9.88 Å². The summed E-state index contributed by atoms with van der Waals surface area (Å²) in [5, 5.41) is 1.57. The Morgan fingerprint density at radius 1 is 1.15 bits per heavy atom. The zero-order chi connectivity index (χ0) is 18.1. The van der Waals surface area contributed by atoms with Gasteiger partial charge in [-0.2, -0.15) is 0 Å². The van der Waals surface area contributed by atoms with Crippen LogP contribution < -0.4 is 0 Å². The third kappa shape index (κ3) is 3.21. The Balaban J connectivity index is 1.43. The predicted octanol–water partition coefficient (Wildman–Crippen LogP) is 4.91. The standard InChI is InChI=1S/C21H20ClFN2O/c22-18-5-3-6-19(23)16(18)12-21(26)25-10-8-14(9-11-25)17-13-24-20-7-2-1-4-15(17)20/h1-7,13-14,24H,8-12H2. The lowest BCUT2D eigenvalue weighted by atomic mass is 9.89. The number of carbonyl (C=O) groups excluding carboxylic acids is 1. The lowest BCUT2D eigenvalue weighted by molar-refractivity contribution is -0.131. The SMILES string of the molecule is O=C(Cc1c(F)cccc1Cl)N1CCC(c2c[nH]c3ccccc23)CC1. The Morgan fingerprint density at radius 3 is 2.69 bits per heavy atom. The number of hydrogen-bond acceptors (Lipinski definition) is 1. The van der Waals surface area contributed by atoms with Crippen LogP contribution in [0.15, 0.2) is 48.7 Å². The van der Waals surface area contributed by atoms with Crippen molar-refractivity contribution >= 4 is 28.4 Å². The van der Waals surface area contributed by atoms with Crippen LogP contribution in [0.1, 0.15) is 29.9 Å². The summed E-state index contributed by atoms with van der Waals surface area (Å²) in [6.07, 6.45) is 3.94. The summed E-state index contributed by atoms with van der Waals surface area (Å²) in [4.78, 5) is 17.7. The smallest absolute Gasteiger partial charge is 0.227 e. The van der Waals surface area contributed by atoms with Gasteiger partial charge in [0, 0.05) is 40.8 Å². The molecule has 1 fully saturated rings. The number of halogens is 2. The highest BCUT2D eigenvalue weighted by Crippen LogP contribution is 2.33. The van der Waals surface area contributed by atoms with E-state index in [2.05, 4.69) is 29.4 Å². The van der Waals surface area contributed by atoms with Crippen molar-refractivity contribution in [2.45, 2.75) is 25.2 Å². The lowest BCUT2D eigenvalue weighted by Crippen LogP contribution is -2.38. The van der Waals surface area contributed by atoms with E-state index in [1.807, 2.05) is 11.0 Å². The van der Waals surface area contributed by atoms with Gasteiger partial charge in [0.25, 0.3) is 0 Å². The Kier molecular flexibility index (Phi) is 4.68. The number of aromatic nitrogens is 1. The zero-order valence-corrected chi connectivity index (χ0v) is 15.1. The summed E-state index contributed by atoms with van der Waals surface area (Å²) in [5.41, 5.74) is 2.76. The third-order valence-electron chi connectivity index (χ3n) is 5.30. The maximum Gasteiger partial charge on any atom is 0.227 e. The number of amides is 1. The van der Waals surface area contributed by atoms with Crippen LogP contribution in [0.3, 0.4) is 0 Å². The Hall–Kier alpha value is -2.33. The number of nitrogens with zero attached hydrogens (tertiary/aromatic N) is 1. The highest BCUT2D eigenvalue weighted by molar-refractivity contribution is 6.31. The zero-order valence-electron chi connectivity index (χ0n) is 14.3. The van der Waals surface area contributed by atoms with E-state index < -0.39 is 5.82 Å². The molecule has 1 saturated heterocycles. The fourth-order valence-electron chi connectivity index (χ4n) is 3.84. The summed E-state index contributed by atoms with van der Waals surface area (Å²) in [5.74, 6) is -0.0406. The molecule has 0 aliphatic carbocycles. The monoisotopic (exact) mass is 370 g/mol. The third-order valence-corrected chi connectivity index (χ3v) is 5.65. The number of para-hydroxylation sites is 1. The molecule has 4 rings (SSSR count). The quantitative estimate of drug-likeness (QED) is 0.698. The van der Waals surface area contributed by atoms with Crippen molar-refractivity contribution in [2.75, 3.05) is 13.1 Å². The van der Waals surface area contributed by atoms with Crippen molar-refractivity contribution in [3.05, 3.63) is 70.6 Å². The molecule has 1 aliphatic heterocycles. The van der Waals surface area contributed by atoms with Crippen molar-refractivity contribution in [1.82, 2.24) is 9.88 Å². The minimum atomic E-state index is -0.417. The van der Waals surface area contributed by atoms with E-state index in [4.69, 9.17) is 11.6 Å². The van der Waals surface area contributed by atoms with Gasteiger partial charge in [0.05, 0.1) is 6.42 Å². The van der Waals surface area contributed by atoms with E-state index in [1.165, 1.54) is 17.0 Å². The Morgan fingerprint density at radius 2 is 1.92 bits per heavy atom. The second-order valence-corrected chi connectivity index (χ2v) is 7.23. The van der Waals surface area contributed by atoms with Gasteiger partial charge >= 0.3 is 0 Å². The van der Waals surface area contributed by atoms with E-state index in [1.54, 1.807) is 12.1 Å². The van der Waals surface area contributed by atoms with Crippen molar-refractivity contribution < 1.29 is 9.18 Å². The van der Waals surface area contributed by atoms with E-state index in [-0.39, 0.29) is 17.9 Å². The highest BCUT2D eigenvalue weighted by atomic mass is 35.5. The summed E-state index contributed by atoms with van der Waals surface area (Å²) in [7, 11) is 0. The molecule has 3 aromatic rings. The molecule has 1 aliphatic rings. The summed E-state index contributed by atoms with van der Waals surface area (Å²) >= 11 is 6.04. The molecule has 2 aromatic carbocycles. The van der Waals surface area contributed by atoms with Crippen LogP contribution in [0.5, 0.6) is 0 Å². The molecule has 0 saturated carbocycles. The maximum atomic E-state index is 13.9. The van der Waals surface area contributed by atoms with Gasteiger partial charge in [0.1, 0.15) is 5.82 Å². The fraction of sp³-hybridized carbons (Fsp3) is 0.286. The predicted molar refractivity (Wildman–Crippen MR) is 102 cm³/mol. The number of hydrogen-bond donors (Lipinski definition) is 1. The first-order chi connectivity index (χ1) is 12.6. The molecule has 1 N–H and O–H groups in total. The number of benzene rings is 2. The summed E-state index contributed by atoms with van der Waals surface area (Å²) in [6.45, 7) is 1.38. The van der Waals surface area contributed by atoms with Crippen LogP contribution >= 0.6 is 11.6 Å². The lowest BCUT2D eigenvalue weighted by Gasteiger charge is -2.32. The number of nitrogens with one attached hydrogen (secondary N) is 1. The molecule has 0 bridgehead atoms. The Bertz CT molecular complexity index is 924. The van der Waals surface area contributed by atoms with Crippen LogP contribution in [0.25, 0.3) is 10.9 Å². The molecule has 0 spiro atoms. The molecular formula is C21H20ClFN2O. The maximum absolute atomic E-state index is 13.9. The topological polar surface area (TPSA) is 36.1 Å². The fourth-order valence-corrected chi connectivity index (χ4v) is 4.07. The average molecular weight is 371 g/mol. The minimum Gasteiger partial charge on any atom is -0.361 e. The number of fused-ring (bicyclic) bond motifs is 1. The van der Waals surface area contributed by atoms with Gasteiger partial charge in [-0.25, -0.2) is 4.39 Å². The molecule has 3 nitrogen and oxygen atoms in total. The van der Waals surface area contributed by atoms with Crippen LogP contribution in [-0.4, -0.2) is 28.9 Å². The van der Waals surface area contributed by atoms with Crippen LogP contribution in [0.4, 0.5) is 4.39 Å². The molecule has 1 aromatic heterocycles. The van der Waals surface area contributed by atoms with Gasteiger partial charge in [-0.05, 0) is 42.5 Å². The molecule has 0 unspecified atom stereocenters. The van der Waals surface area contributed by atoms with E-state index in [0.717, 1.165) is 18.4 Å². The number of likely N-dealkylation sites (tertiary alicyclic amines) is 1. The van der Waals surface area contributed by atoms with Gasteiger partial charge in [-0.1, -0.05) is 35.9 Å². The second kappa shape index (κ2) is 7.12. The van der Waals surface area contributed by atoms with Gasteiger partial charge in [-0.15, -0.1) is 0 Å². The van der Waals surface area contributed by atoms with Crippen LogP contribution in [0.2, 0.25) is 5.02 Å². The summed E-state index contributed by atoms with van der Waals surface area (Å²) in [6, 6.07) is 12.8. The van der Waals surface area contributed by atoms with Crippen molar-refractivity contribution in [3.8, 4) is 0 Å². The molecule has 0 radical (unpaired) electrons. The normalized spacial score (nSPS) is 15.5. The molecule has 2 heterocycles. The number of piperidine rings is 1. The van der Waals surface area contributed by atoms with E-state index >= 15 is 0 Å². The number of aromatic amines is 1. The van der Waals surface area contributed by atoms with Crippen LogP contribution in [0, 0.1) is 5.82 Å². The first-order valence-corrected chi connectivity index (χ1v) is 9.28.